The first-order valence-corrected chi connectivity index (χ1v) is 20.4. The molecule has 7 nitrogen and oxygen atoms in total. The molecule has 1 aliphatic heterocycles. The van der Waals surface area contributed by atoms with Gasteiger partial charge in [-0.1, -0.05) is 77.2 Å². The molecule has 224 valence electrons. The summed E-state index contributed by atoms with van der Waals surface area (Å²) in [6, 6.07) is 0. The summed E-state index contributed by atoms with van der Waals surface area (Å²) < 4.78 is 29.4. The van der Waals surface area contributed by atoms with Gasteiger partial charge < -0.3 is 22.7 Å². The fourth-order valence-corrected chi connectivity index (χ4v) is 6.50. The molecule has 1 aliphatic rings. The molecule has 40 heavy (non-hydrogen) atoms. The van der Waals surface area contributed by atoms with Crippen LogP contribution >= 0.6 is 0 Å². The molecule has 9 heteroatoms. The molecular weight excluding hydrogens is 539 g/mol. The van der Waals surface area contributed by atoms with E-state index < -0.39 is 22.6 Å². The van der Waals surface area contributed by atoms with Crippen molar-refractivity contribution in [2.75, 3.05) is 7.11 Å². The smallest absolute Gasteiger partial charge is 0.360 e. The predicted molar refractivity (Wildman–Crippen MR) is 167 cm³/mol. The lowest BCUT2D eigenvalue weighted by atomic mass is 9.79. The zero-order valence-corrected chi connectivity index (χ0v) is 28.6. The number of nitrogens with zero attached hydrogens (tertiary/aromatic N) is 1. The Morgan fingerprint density at radius 1 is 1.05 bits per heavy atom. The molecule has 0 bridgehead atoms. The number of hydrogen-bond acceptors (Lipinski definition) is 7. The summed E-state index contributed by atoms with van der Waals surface area (Å²) in [5.74, 6) is -0.190. The molecule has 0 amide bonds. The zero-order valence-electron chi connectivity index (χ0n) is 26.6. The van der Waals surface area contributed by atoms with E-state index in [0.29, 0.717) is 5.89 Å². The lowest BCUT2D eigenvalue weighted by molar-refractivity contribution is -0.00789. The van der Waals surface area contributed by atoms with E-state index in [-0.39, 0.29) is 40.6 Å². The monoisotopic (exact) mass is 589 g/mol. The van der Waals surface area contributed by atoms with Crippen LogP contribution in [0.1, 0.15) is 64.3 Å². The van der Waals surface area contributed by atoms with Gasteiger partial charge in [0, 0.05) is 11.5 Å². The van der Waals surface area contributed by atoms with Gasteiger partial charge in [-0.3, -0.25) is 0 Å². The van der Waals surface area contributed by atoms with Crippen LogP contribution in [0.15, 0.2) is 53.2 Å². The summed E-state index contributed by atoms with van der Waals surface area (Å²) in [5.41, 5.74) is -0.0839. The van der Waals surface area contributed by atoms with E-state index in [0.717, 1.165) is 6.42 Å². The zero-order chi connectivity index (χ0) is 30.4. The van der Waals surface area contributed by atoms with E-state index in [4.69, 9.17) is 18.0 Å². The Labute approximate surface area is 244 Å². The first-order valence-electron chi connectivity index (χ1n) is 14.1. The standard InChI is InChI=1S/C31H51NO6Si2/c1-13-17-26(38-40(11,12)30(2,3)4)31(5,6)27(37-39(8,9)10)20-16-19-25-24(36-25)18-14-15-21-28-32-23(22-35-28)29(33)34-7/h13-19,21-22,24-27H,20H2,1-12H3/b17-13+,18-14+,19-16-,21-15-. The molecule has 0 spiro atoms. The summed E-state index contributed by atoms with van der Waals surface area (Å²) in [5, 5.41) is 0.124. The van der Waals surface area contributed by atoms with Gasteiger partial charge in [0.2, 0.25) is 5.89 Å². The number of carbonyl (C=O) groups is 1. The van der Waals surface area contributed by atoms with Crippen molar-refractivity contribution in [3.05, 3.63) is 60.4 Å². The lowest BCUT2D eigenvalue weighted by Gasteiger charge is -2.47. The Hall–Kier alpha value is -2.05. The van der Waals surface area contributed by atoms with E-state index in [9.17, 15) is 4.79 Å². The Morgan fingerprint density at radius 3 is 2.27 bits per heavy atom. The van der Waals surface area contributed by atoms with Gasteiger partial charge in [-0.25, -0.2) is 9.78 Å². The third-order valence-electron chi connectivity index (χ3n) is 7.46. The predicted octanol–water partition coefficient (Wildman–Crippen LogP) is 7.96. The number of oxazole rings is 1. The van der Waals surface area contributed by atoms with Crippen molar-refractivity contribution >= 4 is 28.7 Å². The Morgan fingerprint density at radius 2 is 1.70 bits per heavy atom. The van der Waals surface area contributed by atoms with Crippen LogP contribution in [0.25, 0.3) is 6.08 Å². The van der Waals surface area contributed by atoms with Crippen molar-refractivity contribution in [1.29, 1.82) is 0 Å². The molecule has 2 heterocycles. The number of ether oxygens (including phenoxy) is 2. The molecule has 0 saturated carbocycles. The molecular formula is C31H51NO6Si2. The van der Waals surface area contributed by atoms with Gasteiger partial charge in [0.15, 0.2) is 22.3 Å². The van der Waals surface area contributed by atoms with Crippen LogP contribution in [0.2, 0.25) is 37.8 Å². The summed E-state index contributed by atoms with van der Waals surface area (Å²) in [4.78, 5) is 15.5. The van der Waals surface area contributed by atoms with E-state index in [2.05, 4.69) is 108 Å². The average molecular weight is 590 g/mol. The highest BCUT2D eigenvalue weighted by molar-refractivity contribution is 6.74. The van der Waals surface area contributed by atoms with E-state index in [1.165, 1.54) is 13.4 Å². The number of methoxy groups -OCH3 is 1. The van der Waals surface area contributed by atoms with Gasteiger partial charge in [-0.2, -0.15) is 0 Å². The molecule has 0 aliphatic carbocycles. The third-order valence-corrected chi connectivity index (χ3v) is 12.9. The van der Waals surface area contributed by atoms with Crippen LogP contribution in [-0.2, 0) is 18.3 Å². The van der Waals surface area contributed by atoms with Crippen molar-refractivity contribution in [2.45, 2.75) is 110 Å². The van der Waals surface area contributed by atoms with Crippen LogP contribution < -0.4 is 0 Å². The summed E-state index contributed by atoms with van der Waals surface area (Å²) in [6.45, 7) is 24.8. The molecule has 1 saturated heterocycles. The van der Waals surface area contributed by atoms with Gasteiger partial charge in [-0.15, -0.1) is 0 Å². The molecule has 1 aromatic rings. The lowest BCUT2D eigenvalue weighted by Crippen LogP contribution is -2.52. The molecule has 0 aromatic carbocycles. The summed E-state index contributed by atoms with van der Waals surface area (Å²) in [7, 11) is -2.50. The normalized spacial score (nSPS) is 20.7. The number of esters is 1. The second-order valence-electron chi connectivity index (χ2n) is 13.4. The van der Waals surface area contributed by atoms with Gasteiger partial charge in [0.05, 0.1) is 19.3 Å². The number of epoxide rings is 1. The van der Waals surface area contributed by atoms with Crippen LogP contribution in [0.5, 0.6) is 0 Å². The molecule has 1 aromatic heterocycles. The molecule has 0 N–H and O–H groups in total. The van der Waals surface area contributed by atoms with E-state index >= 15 is 0 Å². The maximum atomic E-state index is 11.5. The van der Waals surface area contributed by atoms with Crippen molar-refractivity contribution in [3.63, 3.8) is 0 Å². The number of allylic oxidation sites excluding steroid dienone is 3. The minimum atomic E-state index is -1.99. The number of aromatic nitrogens is 1. The van der Waals surface area contributed by atoms with Crippen molar-refractivity contribution in [3.8, 4) is 0 Å². The van der Waals surface area contributed by atoms with Crippen molar-refractivity contribution in [1.82, 2.24) is 4.98 Å². The van der Waals surface area contributed by atoms with Gasteiger partial charge in [0.1, 0.15) is 18.5 Å². The highest BCUT2D eigenvalue weighted by Gasteiger charge is 2.45. The summed E-state index contributed by atoms with van der Waals surface area (Å²) >= 11 is 0. The van der Waals surface area contributed by atoms with Gasteiger partial charge in [0.25, 0.3) is 0 Å². The Bertz CT molecular complexity index is 1090. The van der Waals surface area contributed by atoms with Crippen molar-refractivity contribution < 1.29 is 27.5 Å². The molecule has 4 unspecified atom stereocenters. The van der Waals surface area contributed by atoms with Gasteiger partial charge >= 0.3 is 5.97 Å². The molecule has 0 radical (unpaired) electrons. The Kier molecular flexibility index (Phi) is 11.7. The van der Waals surface area contributed by atoms with Crippen LogP contribution in [0, 0.1) is 5.41 Å². The topological polar surface area (TPSA) is 83.3 Å². The molecule has 1 fully saturated rings. The first kappa shape index (κ1) is 34.2. The molecule has 2 rings (SSSR count). The second kappa shape index (κ2) is 13.7. The van der Waals surface area contributed by atoms with E-state index in [1.807, 2.05) is 12.2 Å². The fourth-order valence-electron chi connectivity index (χ4n) is 3.88. The highest BCUT2D eigenvalue weighted by Crippen LogP contribution is 2.42. The average Bonchev–Trinajstić information content (AvgIpc) is 3.40. The van der Waals surface area contributed by atoms with Crippen LogP contribution in [0.4, 0.5) is 0 Å². The van der Waals surface area contributed by atoms with Crippen LogP contribution in [0.3, 0.4) is 0 Å². The van der Waals surface area contributed by atoms with Gasteiger partial charge in [-0.05, 0) is 51.1 Å². The number of carbonyl (C=O) groups excluding carboxylic acids is 1. The number of hydrogen-bond donors (Lipinski definition) is 0. The fraction of sp³-hybridized carbons (Fsp3) is 0.613. The largest absolute Gasteiger partial charge is 0.464 e. The second-order valence-corrected chi connectivity index (χ2v) is 22.6. The highest BCUT2D eigenvalue weighted by atomic mass is 28.4. The van der Waals surface area contributed by atoms with E-state index in [1.54, 1.807) is 12.2 Å². The maximum Gasteiger partial charge on any atom is 0.360 e. The maximum absolute atomic E-state index is 11.5. The van der Waals surface area contributed by atoms with Crippen molar-refractivity contribution in [2.24, 2.45) is 5.41 Å². The summed E-state index contributed by atoms with van der Waals surface area (Å²) in [6.07, 6.45) is 18.1. The molecule has 4 atom stereocenters. The minimum Gasteiger partial charge on any atom is -0.464 e. The minimum absolute atomic E-state index is 0.00716. The number of rotatable bonds is 14. The Balaban J connectivity index is 2.05. The first-order chi connectivity index (χ1) is 18.4. The quantitative estimate of drug-likeness (QED) is 0.0715. The third kappa shape index (κ3) is 10.1. The SMILES string of the molecule is C/C=C/C(O[Si](C)(C)C(C)(C)C)C(C)(C)C(C/C=C\C1OC1/C=C/C=C\c1nc(C(=O)OC)co1)O[Si](C)(C)C. The van der Waals surface area contributed by atoms with Crippen LogP contribution in [-0.4, -0.2) is 59.1 Å².